The number of fused-ring (bicyclic) bond motifs is 2. The van der Waals surface area contributed by atoms with Crippen LogP contribution in [0.4, 0.5) is 5.69 Å². The van der Waals surface area contributed by atoms with Gasteiger partial charge < -0.3 is 4.90 Å². The van der Waals surface area contributed by atoms with Gasteiger partial charge in [0, 0.05) is 17.8 Å². The molecule has 0 N–H and O–H groups in total. The molecule has 1 aliphatic rings. The van der Waals surface area contributed by atoms with E-state index in [1.165, 1.54) is 10.8 Å². The molecule has 1 amide bonds. The molecule has 0 spiro atoms. The van der Waals surface area contributed by atoms with Crippen LogP contribution < -0.4 is 4.90 Å². The molecule has 4 rings (SSSR count). The van der Waals surface area contributed by atoms with Crippen LogP contribution in [0.5, 0.6) is 0 Å². The van der Waals surface area contributed by atoms with Gasteiger partial charge in [0.05, 0.1) is 0 Å². The summed E-state index contributed by atoms with van der Waals surface area (Å²) in [6, 6.07) is 22.3. The second-order valence-corrected chi connectivity index (χ2v) is 5.40. The summed E-state index contributed by atoms with van der Waals surface area (Å²) in [5, 5.41) is 2.37. The molecule has 0 saturated heterocycles. The van der Waals surface area contributed by atoms with Crippen LogP contribution in [0.25, 0.3) is 10.8 Å². The normalized spacial score (nSPS) is 14.3. The predicted octanol–water partition coefficient (Wildman–Crippen LogP) is 4.04. The summed E-state index contributed by atoms with van der Waals surface area (Å²) >= 11 is 0. The van der Waals surface area contributed by atoms with Gasteiger partial charge in [0.2, 0.25) is 0 Å². The number of amides is 1. The first-order chi connectivity index (χ1) is 10.3. The summed E-state index contributed by atoms with van der Waals surface area (Å²) in [6.07, 6.45) is 0.911. The van der Waals surface area contributed by atoms with Crippen molar-refractivity contribution in [2.75, 3.05) is 11.4 Å². The number of hydrogen-bond acceptors (Lipinski definition) is 1. The molecule has 0 aromatic heterocycles. The molecule has 2 heteroatoms. The van der Waals surface area contributed by atoms with Gasteiger partial charge in [-0.15, -0.1) is 0 Å². The second kappa shape index (κ2) is 4.74. The third kappa shape index (κ3) is 2.00. The van der Waals surface area contributed by atoms with Gasteiger partial charge in [-0.1, -0.05) is 48.5 Å². The maximum Gasteiger partial charge on any atom is 0.258 e. The maximum absolute atomic E-state index is 12.7. The van der Waals surface area contributed by atoms with Crippen molar-refractivity contribution in [3.63, 3.8) is 0 Å². The lowest BCUT2D eigenvalue weighted by Crippen LogP contribution is -2.37. The molecule has 1 heterocycles. The second-order valence-electron chi connectivity index (χ2n) is 5.40. The van der Waals surface area contributed by atoms with Gasteiger partial charge in [-0.05, 0) is 41.0 Å². The Labute approximate surface area is 123 Å². The highest BCUT2D eigenvalue weighted by atomic mass is 16.2. The van der Waals surface area contributed by atoms with Crippen LogP contribution in [0.2, 0.25) is 0 Å². The molecular weight excluding hydrogens is 258 g/mol. The van der Waals surface area contributed by atoms with Crippen LogP contribution in [0.3, 0.4) is 0 Å². The van der Waals surface area contributed by atoms with Crippen LogP contribution in [0.15, 0.2) is 66.7 Å². The molecule has 0 aliphatic carbocycles. The molecule has 102 valence electrons. The third-order valence-electron chi connectivity index (χ3n) is 4.14. The first-order valence-corrected chi connectivity index (χ1v) is 7.21. The molecule has 0 unspecified atom stereocenters. The van der Waals surface area contributed by atoms with Crippen molar-refractivity contribution in [1.82, 2.24) is 0 Å². The minimum absolute atomic E-state index is 0.104. The van der Waals surface area contributed by atoms with Crippen LogP contribution in [0.1, 0.15) is 15.9 Å². The number of nitrogens with zero attached hydrogens (tertiary/aromatic N) is 1. The maximum atomic E-state index is 12.7. The zero-order valence-electron chi connectivity index (χ0n) is 11.6. The van der Waals surface area contributed by atoms with E-state index in [1.54, 1.807) is 0 Å². The first kappa shape index (κ1) is 12.2. The van der Waals surface area contributed by atoms with Gasteiger partial charge in [0.15, 0.2) is 0 Å². The van der Waals surface area contributed by atoms with E-state index < -0.39 is 0 Å². The quantitative estimate of drug-likeness (QED) is 0.655. The number of anilines is 1. The largest absolute Gasteiger partial charge is 0.308 e. The van der Waals surface area contributed by atoms with E-state index in [2.05, 4.69) is 24.3 Å². The zero-order chi connectivity index (χ0) is 14.2. The van der Waals surface area contributed by atoms with Crippen molar-refractivity contribution in [3.8, 4) is 0 Å². The molecule has 2 nitrogen and oxygen atoms in total. The minimum atomic E-state index is 0.104. The topological polar surface area (TPSA) is 20.3 Å². The highest BCUT2D eigenvalue weighted by Crippen LogP contribution is 2.27. The van der Waals surface area contributed by atoms with Gasteiger partial charge in [0.25, 0.3) is 5.91 Å². The van der Waals surface area contributed by atoms with Crippen molar-refractivity contribution in [1.29, 1.82) is 0 Å². The van der Waals surface area contributed by atoms with E-state index in [-0.39, 0.29) is 5.91 Å². The number of benzene rings is 3. The Hall–Kier alpha value is -2.61. The van der Waals surface area contributed by atoms with E-state index in [9.17, 15) is 4.79 Å². The van der Waals surface area contributed by atoms with Crippen LogP contribution in [-0.2, 0) is 6.42 Å². The van der Waals surface area contributed by atoms with Gasteiger partial charge in [-0.25, -0.2) is 0 Å². The summed E-state index contributed by atoms with van der Waals surface area (Å²) in [5.74, 6) is 0.104. The van der Waals surface area contributed by atoms with Crippen molar-refractivity contribution in [2.45, 2.75) is 6.42 Å². The van der Waals surface area contributed by atoms with Gasteiger partial charge in [-0.2, -0.15) is 0 Å². The minimum Gasteiger partial charge on any atom is -0.308 e. The smallest absolute Gasteiger partial charge is 0.258 e. The Morgan fingerprint density at radius 1 is 0.810 bits per heavy atom. The molecule has 1 aliphatic heterocycles. The predicted molar refractivity (Wildman–Crippen MR) is 85.8 cm³/mol. The molecule has 21 heavy (non-hydrogen) atoms. The average Bonchev–Trinajstić information content (AvgIpc) is 2.55. The Bertz CT molecular complexity index is 838. The summed E-state index contributed by atoms with van der Waals surface area (Å²) in [7, 11) is 0. The lowest BCUT2D eigenvalue weighted by Gasteiger charge is -2.28. The molecule has 0 radical (unpaired) electrons. The van der Waals surface area contributed by atoms with E-state index in [4.69, 9.17) is 0 Å². The summed E-state index contributed by atoms with van der Waals surface area (Å²) in [6.45, 7) is 0.744. The fourth-order valence-corrected chi connectivity index (χ4v) is 3.02. The van der Waals surface area contributed by atoms with Crippen molar-refractivity contribution < 1.29 is 4.79 Å². The molecule has 0 fully saturated rings. The van der Waals surface area contributed by atoms with E-state index in [1.807, 2.05) is 47.4 Å². The summed E-state index contributed by atoms with van der Waals surface area (Å²) in [4.78, 5) is 14.6. The average molecular weight is 273 g/mol. The van der Waals surface area contributed by atoms with E-state index in [0.717, 1.165) is 29.8 Å². The molecule has 0 saturated carbocycles. The van der Waals surface area contributed by atoms with E-state index in [0.29, 0.717) is 0 Å². The Kier molecular flexibility index (Phi) is 2.74. The van der Waals surface area contributed by atoms with Crippen molar-refractivity contribution in [2.24, 2.45) is 0 Å². The third-order valence-corrected chi connectivity index (χ3v) is 4.14. The summed E-state index contributed by atoms with van der Waals surface area (Å²) in [5.41, 5.74) is 2.96. The number of rotatable bonds is 1. The molecule has 0 atom stereocenters. The van der Waals surface area contributed by atoms with Crippen LogP contribution in [0, 0.1) is 0 Å². The SMILES string of the molecule is O=C1c2ccccc2CCN1c1ccc2ccccc2c1. The van der Waals surface area contributed by atoms with Gasteiger partial charge in [0.1, 0.15) is 0 Å². The summed E-state index contributed by atoms with van der Waals surface area (Å²) < 4.78 is 0. The van der Waals surface area contributed by atoms with Crippen molar-refractivity contribution in [3.05, 3.63) is 77.9 Å². The molecule has 3 aromatic rings. The molecule has 3 aromatic carbocycles. The highest BCUT2D eigenvalue weighted by Gasteiger charge is 2.24. The van der Waals surface area contributed by atoms with Gasteiger partial charge in [-0.3, -0.25) is 4.79 Å². The van der Waals surface area contributed by atoms with Crippen LogP contribution >= 0.6 is 0 Å². The fourth-order valence-electron chi connectivity index (χ4n) is 3.02. The van der Waals surface area contributed by atoms with E-state index >= 15 is 0 Å². The number of hydrogen-bond donors (Lipinski definition) is 0. The molecule has 0 bridgehead atoms. The lowest BCUT2D eigenvalue weighted by molar-refractivity contribution is 0.0980. The Balaban J connectivity index is 1.78. The first-order valence-electron chi connectivity index (χ1n) is 7.21. The number of carbonyl (C=O) groups is 1. The molecular formula is C19H15NO. The Morgan fingerprint density at radius 3 is 2.48 bits per heavy atom. The highest BCUT2D eigenvalue weighted by molar-refractivity contribution is 6.08. The standard InChI is InChI=1S/C19H15NO/c21-19-18-8-4-3-6-15(18)11-12-20(19)17-10-9-14-5-1-2-7-16(14)13-17/h1-10,13H,11-12H2. The Morgan fingerprint density at radius 2 is 1.57 bits per heavy atom. The van der Waals surface area contributed by atoms with Gasteiger partial charge >= 0.3 is 0 Å². The monoisotopic (exact) mass is 273 g/mol. The zero-order valence-corrected chi connectivity index (χ0v) is 11.6. The lowest BCUT2D eigenvalue weighted by atomic mass is 9.98. The van der Waals surface area contributed by atoms with Crippen LogP contribution in [-0.4, -0.2) is 12.5 Å². The fraction of sp³-hybridized carbons (Fsp3) is 0.105. The van der Waals surface area contributed by atoms with Crippen molar-refractivity contribution >= 4 is 22.4 Å². The number of carbonyl (C=O) groups excluding carboxylic acids is 1.